The van der Waals surface area contributed by atoms with Gasteiger partial charge in [0.1, 0.15) is 6.04 Å². The number of pyridine rings is 1. The number of carbonyl (C=O) groups is 2. The molecule has 1 rings (SSSR count). The summed E-state index contributed by atoms with van der Waals surface area (Å²) in [6.45, 7) is 1.86. The Morgan fingerprint density at radius 2 is 2.05 bits per heavy atom. The molecule has 21 heavy (non-hydrogen) atoms. The number of halogens is 3. The fraction of sp³-hybridized carbons (Fsp3) is 0.462. The lowest BCUT2D eigenvalue weighted by Crippen LogP contribution is -2.40. The minimum atomic E-state index is -4.61. The summed E-state index contributed by atoms with van der Waals surface area (Å²) in [6.07, 6.45) is -1.52. The van der Waals surface area contributed by atoms with Crippen molar-refractivity contribution >= 4 is 11.9 Å². The number of unbranched alkanes of at least 4 members (excludes halogenated alkanes) is 1. The van der Waals surface area contributed by atoms with Crippen LogP contribution in [0.1, 0.15) is 42.1 Å². The van der Waals surface area contributed by atoms with Crippen LogP contribution in [-0.4, -0.2) is 28.0 Å². The van der Waals surface area contributed by atoms with Gasteiger partial charge in [0.15, 0.2) is 0 Å². The summed E-state index contributed by atoms with van der Waals surface area (Å²) in [7, 11) is 0. The highest BCUT2D eigenvalue weighted by Gasteiger charge is 2.32. The second kappa shape index (κ2) is 7.05. The number of carboxylic acids is 1. The maximum absolute atomic E-state index is 12.5. The van der Waals surface area contributed by atoms with Crippen molar-refractivity contribution in [2.75, 3.05) is 0 Å². The molecule has 0 fully saturated rings. The van der Waals surface area contributed by atoms with E-state index < -0.39 is 29.7 Å². The number of aromatic nitrogens is 1. The van der Waals surface area contributed by atoms with E-state index in [4.69, 9.17) is 5.11 Å². The van der Waals surface area contributed by atoms with Crippen molar-refractivity contribution in [3.05, 3.63) is 29.6 Å². The SMILES string of the molecule is CCCCC(NC(=O)c1cncc(C(F)(F)F)c1)C(=O)O. The fourth-order valence-electron chi connectivity index (χ4n) is 1.63. The molecule has 1 atom stereocenters. The number of nitrogens with zero attached hydrogens (tertiary/aromatic N) is 1. The third-order valence-electron chi connectivity index (χ3n) is 2.78. The summed E-state index contributed by atoms with van der Waals surface area (Å²) in [5.41, 5.74) is -1.39. The van der Waals surface area contributed by atoms with Crippen molar-refractivity contribution in [3.63, 3.8) is 0 Å². The normalized spacial score (nSPS) is 12.8. The second-order valence-corrected chi connectivity index (χ2v) is 4.47. The Labute approximate surface area is 119 Å². The lowest BCUT2D eigenvalue weighted by Gasteiger charge is -2.14. The van der Waals surface area contributed by atoms with Crippen LogP contribution in [0.2, 0.25) is 0 Å². The summed E-state index contributed by atoms with van der Waals surface area (Å²) in [5, 5.41) is 11.2. The smallest absolute Gasteiger partial charge is 0.417 e. The quantitative estimate of drug-likeness (QED) is 0.846. The molecule has 0 spiro atoms. The first kappa shape index (κ1) is 16.9. The van der Waals surface area contributed by atoms with Crippen molar-refractivity contribution in [2.24, 2.45) is 0 Å². The Bertz CT molecular complexity index is 518. The van der Waals surface area contributed by atoms with E-state index in [2.05, 4.69) is 10.3 Å². The number of aliphatic carboxylic acids is 1. The third-order valence-corrected chi connectivity index (χ3v) is 2.78. The van der Waals surface area contributed by atoms with Crippen molar-refractivity contribution < 1.29 is 27.9 Å². The molecule has 1 amide bonds. The summed E-state index contributed by atoms with van der Waals surface area (Å²) >= 11 is 0. The van der Waals surface area contributed by atoms with Gasteiger partial charge >= 0.3 is 12.1 Å². The Balaban J connectivity index is 2.85. The van der Waals surface area contributed by atoms with E-state index in [1.54, 1.807) is 0 Å². The Morgan fingerprint density at radius 3 is 2.57 bits per heavy atom. The first-order valence-corrected chi connectivity index (χ1v) is 6.31. The Hall–Kier alpha value is -2.12. The van der Waals surface area contributed by atoms with Gasteiger partial charge < -0.3 is 10.4 Å². The van der Waals surface area contributed by atoms with Gasteiger partial charge in [0.25, 0.3) is 5.91 Å². The van der Waals surface area contributed by atoms with Gasteiger partial charge in [-0.05, 0) is 12.5 Å². The molecule has 1 heterocycles. The minimum absolute atomic E-state index is 0.212. The summed E-state index contributed by atoms with van der Waals surface area (Å²) in [4.78, 5) is 26.2. The molecule has 1 unspecified atom stereocenters. The zero-order valence-electron chi connectivity index (χ0n) is 11.3. The highest BCUT2D eigenvalue weighted by Crippen LogP contribution is 2.28. The van der Waals surface area contributed by atoms with E-state index in [1.807, 2.05) is 6.92 Å². The number of carboxylic acid groups (broad SMARTS) is 1. The largest absolute Gasteiger partial charge is 0.480 e. The number of hydrogen-bond donors (Lipinski definition) is 2. The highest BCUT2D eigenvalue weighted by molar-refractivity contribution is 5.96. The zero-order chi connectivity index (χ0) is 16.0. The number of alkyl halides is 3. The van der Waals surface area contributed by atoms with E-state index in [0.29, 0.717) is 18.7 Å². The van der Waals surface area contributed by atoms with Crippen molar-refractivity contribution in [1.82, 2.24) is 10.3 Å². The topological polar surface area (TPSA) is 79.3 Å². The molecular formula is C13H15F3N2O3. The molecule has 0 aliphatic carbocycles. The van der Waals surface area contributed by atoms with E-state index >= 15 is 0 Å². The summed E-state index contributed by atoms with van der Waals surface area (Å²) < 4.78 is 37.6. The molecule has 1 aromatic rings. The predicted molar refractivity (Wildman–Crippen MR) is 67.7 cm³/mol. The first-order chi connectivity index (χ1) is 9.75. The fourth-order valence-corrected chi connectivity index (χ4v) is 1.63. The average molecular weight is 304 g/mol. The predicted octanol–water partition coefficient (Wildman–Crippen LogP) is 2.47. The average Bonchev–Trinajstić information content (AvgIpc) is 2.42. The van der Waals surface area contributed by atoms with Crippen LogP contribution in [0.25, 0.3) is 0 Å². The molecule has 0 radical (unpaired) electrons. The number of nitrogens with one attached hydrogen (secondary N) is 1. The van der Waals surface area contributed by atoms with Crippen LogP contribution < -0.4 is 5.32 Å². The van der Waals surface area contributed by atoms with Gasteiger partial charge in [-0.3, -0.25) is 9.78 Å². The monoisotopic (exact) mass is 304 g/mol. The molecule has 2 N–H and O–H groups in total. The summed E-state index contributed by atoms with van der Waals surface area (Å²) in [5.74, 6) is -2.12. The standard InChI is InChI=1S/C13H15F3N2O3/c1-2-3-4-10(12(20)21)18-11(19)8-5-9(7-17-6-8)13(14,15)16/h5-7,10H,2-4H2,1H3,(H,18,19)(H,20,21). The van der Waals surface area contributed by atoms with Gasteiger partial charge in [-0.1, -0.05) is 19.8 Å². The van der Waals surface area contributed by atoms with Gasteiger partial charge in [0.2, 0.25) is 0 Å². The molecule has 0 aromatic carbocycles. The maximum atomic E-state index is 12.5. The number of rotatable bonds is 6. The molecule has 116 valence electrons. The van der Waals surface area contributed by atoms with Crippen molar-refractivity contribution in [3.8, 4) is 0 Å². The molecule has 0 saturated carbocycles. The van der Waals surface area contributed by atoms with Crippen LogP contribution in [0.5, 0.6) is 0 Å². The molecule has 8 heteroatoms. The van der Waals surface area contributed by atoms with E-state index in [9.17, 15) is 22.8 Å². The van der Waals surface area contributed by atoms with E-state index in [-0.39, 0.29) is 12.0 Å². The Morgan fingerprint density at radius 1 is 1.38 bits per heavy atom. The minimum Gasteiger partial charge on any atom is -0.480 e. The molecule has 0 aliphatic heterocycles. The number of carbonyl (C=O) groups excluding carboxylic acids is 1. The van der Waals surface area contributed by atoms with Crippen LogP contribution in [0.3, 0.4) is 0 Å². The van der Waals surface area contributed by atoms with Gasteiger partial charge in [0, 0.05) is 12.4 Å². The molecule has 0 bridgehead atoms. The van der Waals surface area contributed by atoms with Gasteiger partial charge in [-0.15, -0.1) is 0 Å². The van der Waals surface area contributed by atoms with E-state index in [1.165, 1.54) is 0 Å². The maximum Gasteiger partial charge on any atom is 0.417 e. The second-order valence-electron chi connectivity index (χ2n) is 4.47. The lowest BCUT2D eigenvalue weighted by molar-refractivity contribution is -0.139. The zero-order valence-corrected chi connectivity index (χ0v) is 11.3. The van der Waals surface area contributed by atoms with Crippen LogP contribution in [0, 0.1) is 0 Å². The van der Waals surface area contributed by atoms with Gasteiger partial charge in [-0.25, -0.2) is 4.79 Å². The molecule has 0 aliphatic rings. The van der Waals surface area contributed by atoms with Gasteiger partial charge in [-0.2, -0.15) is 13.2 Å². The molecule has 0 saturated heterocycles. The van der Waals surface area contributed by atoms with Gasteiger partial charge in [0.05, 0.1) is 11.1 Å². The molecular weight excluding hydrogens is 289 g/mol. The summed E-state index contributed by atoms with van der Waals surface area (Å²) in [6, 6.07) is -0.492. The molecule has 5 nitrogen and oxygen atoms in total. The van der Waals surface area contributed by atoms with Crippen molar-refractivity contribution in [2.45, 2.75) is 38.4 Å². The highest BCUT2D eigenvalue weighted by atomic mass is 19.4. The number of hydrogen-bond acceptors (Lipinski definition) is 3. The van der Waals surface area contributed by atoms with Crippen molar-refractivity contribution in [1.29, 1.82) is 0 Å². The lowest BCUT2D eigenvalue weighted by atomic mass is 10.1. The van der Waals surface area contributed by atoms with Crippen LogP contribution in [0.15, 0.2) is 18.5 Å². The van der Waals surface area contributed by atoms with Crippen LogP contribution in [-0.2, 0) is 11.0 Å². The number of amides is 1. The molecule has 1 aromatic heterocycles. The Kier molecular flexibility index (Phi) is 5.69. The third kappa shape index (κ3) is 5.05. The van der Waals surface area contributed by atoms with Crippen LogP contribution >= 0.6 is 0 Å². The van der Waals surface area contributed by atoms with E-state index in [0.717, 1.165) is 12.6 Å². The first-order valence-electron chi connectivity index (χ1n) is 6.31. The van der Waals surface area contributed by atoms with Crippen LogP contribution in [0.4, 0.5) is 13.2 Å².